The highest BCUT2D eigenvalue weighted by atomic mass is 19.4. The number of halogens is 3. The van der Waals surface area contributed by atoms with Crippen molar-refractivity contribution in [3.05, 3.63) is 41.5 Å². The van der Waals surface area contributed by atoms with E-state index in [9.17, 15) is 13.2 Å². The van der Waals surface area contributed by atoms with E-state index in [2.05, 4.69) is 30.5 Å². The Morgan fingerprint density at radius 2 is 1.81 bits per heavy atom. The number of nitrogens with one attached hydrogen (secondary N) is 1. The summed E-state index contributed by atoms with van der Waals surface area (Å²) in [6.45, 7) is 1.96. The molecule has 3 heterocycles. The molecule has 0 bridgehead atoms. The van der Waals surface area contributed by atoms with Gasteiger partial charge in [-0.3, -0.25) is 9.36 Å². The summed E-state index contributed by atoms with van der Waals surface area (Å²) < 4.78 is 43.7. The van der Waals surface area contributed by atoms with E-state index >= 15 is 0 Å². The van der Waals surface area contributed by atoms with E-state index in [0.717, 1.165) is 49.1 Å². The largest absolute Gasteiger partial charge is 0.419 e. The van der Waals surface area contributed by atoms with Crippen LogP contribution in [0.3, 0.4) is 0 Å². The van der Waals surface area contributed by atoms with Crippen molar-refractivity contribution in [3.8, 4) is 0 Å². The normalized spacial score (nSPS) is 26.9. The highest BCUT2D eigenvalue weighted by molar-refractivity contribution is 5.55. The van der Waals surface area contributed by atoms with Crippen molar-refractivity contribution in [1.82, 2.24) is 34.5 Å². The van der Waals surface area contributed by atoms with Crippen LogP contribution in [0.15, 0.2) is 18.7 Å². The van der Waals surface area contributed by atoms with Crippen molar-refractivity contribution in [1.29, 1.82) is 0 Å². The van der Waals surface area contributed by atoms with Gasteiger partial charge >= 0.3 is 6.18 Å². The summed E-state index contributed by atoms with van der Waals surface area (Å²) in [4.78, 5) is 12.6. The lowest BCUT2D eigenvalue weighted by Crippen LogP contribution is -2.14. The predicted octanol–water partition coefficient (Wildman–Crippen LogP) is 4.11. The van der Waals surface area contributed by atoms with Crippen molar-refractivity contribution >= 4 is 11.6 Å². The smallest absolute Gasteiger partial charge is 0.321 e. The first kappa shape index (κ1) is 19.7. The molecule has 3 fully saturated rings. The number of hydrogen-bond donors (Lipinski definition) is 1. The monoisotopic (exact) mass is 444 g/mol. The third-order valence-electron chi connectivity index (χ3n) is 7.19. The van der Waals surface area contributed by atoms with E-state index in [1.54, 1.807) is 12.5 Å². The summed E-state index contributed by atoms with van der Waals surface area (Å²) in [6.07, 6.45) is 3.29. The molecular formula is C21H23F3N8. The van der Waals surface area contributed by atoms with Gasteiger partial charge in [0, 0.05) is 25.1 Å². The Bertz CT molecular complexity index is 1170. The van der Waals surface area contributed by atoms with Crippen molar-refractivity contribution in [2.24, 2.45) is 18.9 Å². The lowest BCUT2D eigenvalue weighted by molar-refractivity contribution is -0.138. The van der Waals surface area contributed by atoms with Gasteiger partial charge in [0.25, 0.3) is 0 Å². The first-order valence-corrected chi connectivity index (χ1v) is 10.9. The summed E-state index contributed by atoms with van der Waals surface area (Å²) in [5, 5.41) is 11.8. The zero-order valence-corrected chi connectivity index (χ0v) is 17.7. The molecule has 0 aromatic carbocycles. The average Bonchev–Trinajstić information content (AvgIpc) is 3.56. The van der Waals surface area contributed by atoms with Crippen LogP contribution in [0, 0.1) is 18.8 Å². The molecule has 4 atom stereocenters. The third-order valence-corrected chi connectivity index (χ3v) is 7.19. The summed E-state index contributed by atoms with van der Waals surface area (Å²) in [5.41, 5.74) is 1.01. The van der Waals surface area contributed by atoms with Crippen LogP contribution in [0.2, 0.25) is 0 Å². The zero-order valence-electron chi connectivity index (χ0n) is 17.7. The molecule has 1 N–H and O–H groups in total. The van der Waals surface area contributed by atoms with Crippen molar-refractivity contribution in [3.63, 3.8) is 0 Å². The Kier molecular flexibility index (Phi) is 4.16. The lowest BCUT2D eigenvalue weighted by Gasteiger charge is -2.17. The summed E-state index contributed by atoms with van der Waals surface area (Å²) >= 11 is 0. The maximum atomic E-state index is 13.3. The fraction of sp³-hybridized carbons (Fsp3) is 0.571. The number of rotatable bonds is 5. The van der Waals surface area contributed by atoms with Crippen molar-refractivity contribution < 1.29 is 13.2 Å². The number of anilines is 2. The number of nitrogens with zero attached hydrogens (tertiary/aromatic N) is 7. The Morgan fingerprint density at radius 1 is 1.06 bits per heavy atom. The molecule has 6 rings (SSSR count). The minimum Gasteiger partial charge on any atom is -0.321 e. The average molecular weight is 444 g/mol. The minimum absolute atomic E-state index is 0.0886. The minimum atomic E-state index is -4.44. The van der Waals surface area contributed by atoms with Crippen LogP contribution in [-0.2, 0) is 13.2 Å². The van der Waals surface area contributed by atoms with Gasteiger partial charge in [0.05, 0.1) is 34.9 Å². The number of aromatic nitrogens is 7. The number of fused-ring (bicyclic) bond motifs is 1. The molecule has 0 saturated heterocycles. The molecule has 11 heteroatoms. The fourth-order valence-corrected chi connectivity index (χ4v) is 5.38. The molecule has 3 aliphatic rings. The molecule has 32 heavy (non-hydrogen) atoms. The third kappa shape index (κ3) is 3.17. The van der Waals surface area contributed by atoms with Gasteiger partial charge in [-0.1, -0.05) is 0 Å². The first-order chi connectivity index (χ1) is 15.3. The van der Waals surface area contributed by atoms with E-state index in [-0.39, 0.29) is 17.6 Å². The maximum absolute atomic E-state index is 13.3. The summed E-state index contributed by atoms with van der Waals surface area (Å²) in [7, 11) is 1.93. The van der Waals surface area contributed by atoms with Gasteiger partial charge in [0.2, 0.25) is 5.95 Å². The second-order valence-corrected chi connectivity index (χ2v) is 9.20. The van der Waals surface area contributed by atoms with Gasteiger partial charge in [-0.15, -0.1) is 0 Å². The standard InChI is InChI=1S/C21H23F3N8/c1-10-16(29-20-25-7-15(21(22,23)24)18(30-20)11-3-4-11)8-27-32(10)12-5-13-14(6-12)17(13)19-26-9-28-31(19)2/h7-9,11-14,17H,3-6H2,1-2H3,(H,25,29,30)/t12-,13-,14+,17?. The van der Waals surface area contributed by atoms with E-state index < -0.39 is 11.7 Å². The van der Waals surface area contributed by atoms with Crippen LogP contribution in [-0.4, -0.2) is 34.5 Å². The molecule has 3 aliphatic carbocycles. The Labute approximate surface area is 182 Å². The van der Waals surface area contributed by atoms with Gasteiger partial charge in [0.15, 0.2) is 0 Å². The van der Waals surface area contributed by atoms with Crippen LogP contribution in [0.25, 0.3) is 0 Å². The Balaban J connectivity index is 1.18. The van der Waals surface area contributed by atoms with E-state index in [0.29, 0.717) is 23.8 Å². The van der Waals surface area contributed by atoms with E-state index in [1.165, 1.54) is 0 Å². The Morgan fingerprint density at radius 3 is 2.44 bits per heavy atom. The number of hydrogen-bond acceptors (Lipinski definition) is 6. The first-order valence-electron chi connectivity index (χ1n) is 10.9. The molecule has 0 radical (unpaired) electrons. The van der Waals surface area contributed by atoms with Gasteiger partial charge in [0.1, 0.15) is 12.2 Å². The molecule has 0 aliphatic heterocycles. The lowest BCUT2D eigenvalue weighted by atomic mass is 10.1. The van der Waals surface area contributed by atoms with Gasteiger partial charge in [-0.05, 0) is 44.4 Å². The van der Waals surface area contributed by atoms with Gasteiger partial charge in [-0.2, -0.15) is 23.4 Å². The van der Waals surface area contributed by atoms with Crippen LogP contribution < -0.4 is 5.32 Å². The van der Waals surface area contributed by atoms with Crippen LogP contribution in [0.1, 0.15) is 66.3 Å². The van der Waals surface area contributed by atoms with Crippen LogP contribution >= 0.6 is 0 Å². The summed E-state index contributed by atoms with van der Waals surface area (Å²) in [5.74, 6) is 2.78. The Hall–Kier alpha value is -2.98. The highest BCUT2D eigenvalue weighted by Gasteiger charge is 2.59. The topological polar surface area (TPSA) is 86.3 Å². The molecule has 0 spiro atoms. The van der Waals surface area contributed by atoms with Crippen molar-refractivity contribution in [2.45, 2.75) is 56.7 Å². The van der Waals surface area contributed by atoms with Crippen LogP contribution in [0.5, 0.6) is 0 Å². The van der Waals surface area contributed by atoms with Gasteiger partial charge in [-0.25, -0.2) is 15.0 Å². The molecule has 1 unspecified atom stereocenters. The molecule has 3 aromatic heterocycles. The quantitative estimate of drug-likeness (QED) is 0.637. The second-order valence-electron chi connectivity index (χ2n) is 9.20. The SMILES string of the molecule is Cc1c(Nc2ncc(C(F)(F)F)c(C3CC3)n2)cnn1[C@H]1C[C@@H]2C(c3ncnn3C)[C@@H]2C1. The second kappa shape index (κ2) is 6.76. The number of aryl methyl sites for hydroxylation is 1. The summed E-state index contributed by atoms with van der Waals surface area (Å²) in [6, 6.07) is 0.306. The predicted molar refractivity (Wildman–Crippen MR) is 108 cm³/mol. The number of alkyl halides is 3. The highest BCUT2D eigenvalue weighted by Crippen LogP contribution is 2.65. The van der Waals surface area contributed by atoms with E-state index in [4.69, 9.17) is 0 Å². The van der Waals surface area contributed by atoms with Gasteiger partial charge < -0.3 is 5.32 Å². The van der Waals surface area contributed by atoms with Crippen molar-refractivity contribution in [2.75, 3.05) is 5.32 Å². The molecule has 3 aromatic rings. The molecule has 8 nitrogen and oxygen atoms in total. The molecule has 0 amide bonds. The molecular weight excluding hydrogens is 421 g/mol. The molecule has 3 saturated carbocycles. The van der Waals surface area contributed by atoms with Crippen LogP contribution in [0.4, 0.5) is 24.8 Å². The molecule has 168 valence electrons. The van der Waals surface area contributed by atoms with E-state index in [1.807, 2.05) is 23.3 Å². The fourth-order valence-electron chi connectivity index (χ4n) is 5.38. The zero-order chi connectivity index (χ0) is 22.2. The maximum Gasteiger partial charge on any atom is 0.419 e.